The first kappa shape index (κ1) is 14.7. The maximum Gasteiger partial charge on any atom is 0.245 e. The van der Waals surface area contributed by atoms with Crippen LogP contribution in [0.4, 0.5) is 10.1 Å². The number of anilines is 1. The van der Waals surface area contributed by atoms with E-state index in [9.17, 15) is 13.4 Å². The Kier molecular flexibility index (Phi) is 3.66. The van der Waals surface area contributed by atoms with E-state index >= 15 is 0 Å². The van der Waals surface area contributed by atoms with E-state index in [0.29, 0.717) is 5.69 Å². The van der Waals surface area contributed by atoms with Crippen LogP contribution in [0.2, 0.25) is 0 Å². The molecule has 0 saturated heterocycles. The number of carbonyl (C=O) groups excluding carboxylic acids is 1. The largest absolute Gasteiger partial charge is 0.325 e. The highest BCUT2D eigenvalue weighted by molar-refractivity contribution is 7.86. The molecule has 5 atom stereocenters. The van der Waals surface area contributed by atoms with Crippen molar-refractivity contribution in [3.63, 3.8) is 0 Å². The maximum atomic E-state index is 12.9. The predicted molar refractivity (Wildman–Crippen MR) is 82.2 cm³/mol. The number of alkyl halides is 1. The van der Waals surface area contributed by atoms with Gasteiger partial charge in [0.1, 0.15) is 10.6 Å². The minimum absolute atomic E-state index is 0.0829. The van der Waals surface area contributed by atoms with Gasteiger partial charge in [-0.3, -0.25) is 9.00 Å². The van der Waals surface area contributed by atoms with Gasteiger partial charge < -0.3 is 5.32 Å². The van der Waals surface area contributed by atoms with Gasteiger partial charge in [-0.15, -0.1) is 11.6 Å². The van der Waals surface area contributed by atoms with Crippen LogP contribution in [-0.4, -0.2) is 26.5 Å². The number of fused-ring (bicyclic) bond motifs is 2. The second-order valence-electron chi connectivity index (χ2n) is 5.50. The third kappa shape index (κ3) is 2.14. The van der Waals surface area contributed by atoms with Gasteiger partial charge in [-0.1, -0.05) is 12.2 Å². The van der Waals surface area contributed by atoms with Gasteiger partial charge in [0.25, 0.3) is 0 Å². The molecule has 3 nitrogen and oxygen atoms in total. The van der Waals surface area contributed by atoms with E-state index in [4.69, 9.17) is 11.6 Å². The quantitative estimate of drug-likeness (QED) is 0.685. The fourth-order valence-electron chi connectivity index (χ4n) is 3.34. The minimum Gasteiger partial charge on any atom is -0.325 e. The highest BCUT2D eigenvalue weighted by Crippen LogP contribution is 2.52. The molecule has 2 aliphatic carbocycles. The van der Waals surface area contributed by atoms with Crippen molar-refractivity contribution in [2.75, 3.05) is 11.6 Å². The van der Waals surface area contributed by atoms with E-state index in [0.717, 1.165) is 6.42 Å². The van der Waals surface area contributed by atoms with Crippen molar-refractivity contribution in [2.45, 2.75) is 16.5 Å². The number of benzene rings is 1. The summed E-state index contributed by atoms with van der Waals surface area (Å²) >= 11 is 6.45. The van der Waals surface area contributed by atoms with Crippen molar-refractivity contribution in [3.8, 4) is 0 Å². The predicted octanol–water partition coefficient (Wildman–Crippen LogP) is 2.69. The molecule has 1 aromatic carbocycles. The Labute approximate surface area is 130 Å². The number of halogens is 2. The SMILES string of the molecule is CS(=O)C1(C(=O)Nc2ccc(F)cc2)C(Cl)[C@H]2C=C[C@@H]1C2. The van der Waals surface area contributed by atoms with Crippen LogP contribution in [0.15, 0.2) is 36.4 Å². The molecule has 3 rings (SSSR count). The van der Waals surface area contributed by atoms with Gasteiger partial charge >= 0.3 is 0 Å². The Balaban J connectivity index is 1.92. The lowest BCUT2D eigenvalue weighted by Gasteiger charge is -2.35. The molecule has 1 fully saturated rings. The van der Waals surface area contributed by atoms with Crippen molar-refractivity contribution in [1.29, 1.82) is 0 Å². The first-order chi connectivity index (χ1) is 9.96. The monoisotopic (exact) mass is 327 g/mol. The molecule has 0 aliphatic heterocycles. The molecule has 0 heterocycles. The lowest BCUT2D eigenvalue weighted by molar-refractivity contribution is -0.119. The highest BCUT2D eigenvalue weighted by Gasteiger charge is 2.62. The number of amides is 1. The standard InChI is InChI=1S/C15H15ClFNO2S/c1-21(20)15(10-3-2-9(8-10)13(15)16)14(19)18-12-6-4-11(17)5-7-12/h2-7,9-10,13H,8H2,1H3,(H,18,19)/t9-,10+,13?,15?,21?/m0/s1. The molecular weight excluding hydrogens is 313 g/mol. The number of nitrogens with one attached hydrogen (secondary N) is 1. The van der Waals surface area contributed by atoms with Crippen molar-refractivity contribution < 1.29 is 13.4 Å². The molecule has 2 bridgehead atoms. The Morgan fingerprint density at radius 3 is 2.57 bits per heavy atom. The Bertz CT molecular complexity index is 633. The smallest absolute Gasteiger partial charge is 0.245 e. The molecule has 0 aromatic heterocycles. The molecular formula is C15H15ClFNO2S. The number of rotatable bonds is 3. The normalized spacial score (nSPS) is 34.9. The zero-order chi connectivity index (χ0) is 15.2. The molecule has 0 spiro atoms. The second-order valence-corrected chi connectivity index (χ2v) is 7.55. The molecule has 2 aliphatic rings. The zero-order valence-electron chi connectivity index (χ0n) is 11.4. The Morgan fingerprint density at radius 1 is 1.38 bits per heavy atom. The van der Waals surface area contributed by atoms with Gasteiger partial charge in [-0.2, -0.15) is 0 Å². The third-order valence-corrected chi connectivity index (χ3v) is 6.88. The summed E-state index contributed by atoms with van der Waals surface area (Å²) in [7, 11) is -1.41. The highest BCUT2D eigenvalue weighted by atomic mass is 35.5. The lowest BCUT2D eigenvalue weighted by Crippen LogP contribution is -2.55. The summed E-state index contributed by atoms with van der Waals surface area (Å²) in [6.45, 7) is 0. The molecule has 21 heavy (non-hydrogen) atoms. The number of carbonyl (C=O) groups is 1. The van der Waals surface area contributed by atoms with E-state index in [2.05, 4.69) is 5.32 Å². The van der Waals surface area contributed by atoms with Crippen LogP contribution in [0.25, 0.3) is 0 Å². The van der Waals surface area contributed by atoms with Crippen LogP contribution < -0.4 is 5.32 Å². The van der Waals surface area contributed by atoms with Gasteiger partial charge in [-0.25, -0.2) is 4.39 Å². The van der Waals surface area contributed by atoms with Crippen LogP contribution in [0.5, 0.6) is 0 Å². The summed E-state index contributed by atoms with van der Waals surface area (Å²) < 4.78 is 24.1. The van der Waals surface area contributed by atoms with E-state index in [1.165, 1.54) is 30.5 Å². The minimum atomic E-state index is -1.41. The molecule has 6 heteroatoms. The average Bonchev–Trinajstić information content (AvgIpc) is 3.01. The van der Waals surface area contributed by atoms with Crippen molar-refractivity contribution >= 4 is 34.0 Å². The molecule has 3 unspecified atom stereocenters. The first-order valence-corrected chi connectivity index (χ1v) is 8.68. The van der Waals surface area contributed by atoms with E-state index < -0.39 is 20.9 Å². The number of allylic oxidation sites excluding steroid dienone is 2. The van der Waals surface area contributed by atoms with Crippen LogP contribution in [-0.2, 0) is 15.6 Å². The molecule has 1 N–H and O–H groups in total. The lowest BCUT2D eigenvalue weighted by atomic mass is 9.91. The third-order valence-electron chi connectivity index (χ3n) is 4.39. The molecule has 1 amide bonds. The first-order valence-electron chi connectivity index (χ1n) is 6.69. The van der Waals surface area contributed by atoms with Crippen LogP contribution in [0, 0.1) is 17.7 Å². The molecule has 112 valence electrons. The summed E-state index contributed by atoms with van der Waals surface area (Å²) in [5.41, 5.74) is 0.474. The van der Waals surface area contributed by atoms with E-state index in [-0.39, 0.29) is 23.6 Å². The molecule has 1 aromatic rings. The Morgan fingerprint density at radius 2 is 2.05 bits per heavy atom. The maximum absolute atomic E-state index is 12.9. The van der Waals surface area contributed by atoms with Gasteiger partial charge in [0.2, 0.25) is 5.91 Å². The van der Waals surface area contributed by atoms with E-state index in [1.807, 2.05) is 12.2 Å². The number of hydrogen-bond donors (Lipinski definition) is 1. The average molecular weight is 328 g/mol. The molecule has 1 saturated carbocycles. The Hall–Kier alpha value is -1.20. The second kappa shape index (κ2) is 5.21. The van der Waals surface area contributed by atoms with Crippen LogP contribution in [0.3, 0.4) is 0 Å². The van der Waals surface area contributed by atoms with Crippen LogP contribution in [0.1, 0.15) is 6.42 Å². The summed E-state index contributed by atoms with van der Waals surface area (Å²) in [6.07, 6.45) is 6.21. The van der Waals surface area contributed by atoms with Crippen molar-refractivity contribution in [1.82, 2.24) is 0 Å². The van der Waals surface area contributed by atoms with Crippen molar-refractivity contribution in [2.24, 2.45) is 11.8 Å². The zero-order valence-corrected chi connectivity index (χ0v) is 13.0. The fraction of sp³-hybridized carbons (Fsp3) is 0.400. The summed E-state index contributed by atoms with van der Waals surface area (Å²) in [5.74, 6) is -0.762. The van der Waals surface area contributed by atoms with Gasteiger partial charge in [0.05, 0.1) is 5.38 Å². The number of hydrogen-bond acceptors (Lipinski definition) is 2. The summed E-state index contributed by atoms with van der Waals surface area (Å²) in [6, 6.07) is 5.49. The van der Waals surface area contributed by atoms with Crippen molar-refractivity contribution in [3.05, 3.63) is 42.2 Å². The molecule has 0 radical (unpaired) electrons. The van der Waals surface area contributed by atoms with E-state index in [1.54, 1.807) is 0 Å². The summed E-state index contributed by atoms with van der Waals surface area (Å²) in [4.78, 5) is 12.7. The van der Waals surface area contributed by atoms with Gasteiger partial charge in [0, 0.05) is 28.7 Å². The van der Waals surface area contributed by atoms with Crippen LogP contribution >= 0.6 is 11.6 Å². The van der Waals surface area contributed by atoms with Gasteiger partial charge in [0.15, 0.2) is 0 Å². The summed E-state index contributed by atoms with van der Waals surface area (Å²) in [5, 5.41) is 2.24. The van der Waals surface area contributed by atoms with Gasteiger partial charge in [-0.05, 0) is 36.6 Å². The fourth-order valence-corrected chi connectivity index (χ4v) is 5.57. The topological polar surface area (TPSA) is 46.2 Å².